The summed E-state index contributed by atoms with van der Waals surface area (Å²) in [5.74, 6) is -1.55. The molecule has 5 unspecified atom stereocenters. The van der Waals surface area contributed by atoms with Crippen molar-refractivity contribution in [1.82, 2.24) is 0 Å². The molecule has 0 amide bonds. The van der Waals surface area contributed by atoms with Crippen molar-refractivity contribution in [2.75, 3.05) is 39.6 Å². The Bertz CT molecular complexity index is 2450. The Hall–Kier alpha value is -3.79. The third-order valence-corrected chi connectivity index (χ3v) is 21.4. The monoisotopic (exact) mass is 1600 g/mol. The van der Waals surface area contributed by atoms with Crippen molar-refractivity contribution in [3.63, 3.8) is 0 Å². The first-order valence-corrected chi connectivity index (χ1v) is 48.2. The van der Waals surface area contributed by atoms with Crippen LogP contribution in [0.25, 0.3) is 0 Å². The second kappa shape index (κ2) is 85.6. The number of carbonyl (C=O) groups excluding carboxylic acids is 3. The standard InChI is InChI=1S/C93H166O16P2/c1-4-7-10-13-16-19-22-25-27-29-31-33-35-37-39-41-42-43-44-46-48-49-51-53-55-57-59-62-64-67-70-73-76-79-91(96)103-82-88(94)83-105-110(99,100)106-84-89(95)85-107-111(101,102)108-87-90(109-93(98)81-78-75-72-69-66-61-24-21-18-15-12-9-6-3)86-104-92(97)80-77-74-71-68-65-63-60-58-56-54-52-50-47-45-40-38-36-34-32-30-28-26-23-20-17-14-11-8-5-2/h8,11,16-17,19-20,25-28,31-34,37-40,88-90,94-95H,4-7,9-10,12-15,18,21-24,29-30,35-36,41-87H2,1-3H3,(H,99,100)(H,101,102)/b11-8-,19-16-,20-17-,27-25-,28-26-,33-31-,34-32-,39-37-,40-38-. The lowest BCUT2D eigenvalue weighted by molar-refractivity contribution is -0.161. The maximum atomic E-state index is 13.0. The molecule has 0 aromatic carbocycles. The first-order chi connectivity index (χ1) is 54.2. The van der Waals surface area contributed by atoms with E-state index in [4.69, 9.17) is 32.3 Å². The van der Waals surface area contributed by atoms with Gasteiger partial charge in [0.05, 0.1) is 26.4 Å². The van der Waals surface area contributed by atoms with Crippen molar-refractivity contribution >= 4 is 33.6 Å². The maximum Gasteiger partial charge on any atom is 0.472 e. The van der Waals surface area contributed by atoms with Crippen molar-refractivity contribution in [3.05, 3.63) is 109 Å². The molecule has 4 N–H and O–H groups in total. The minimum Gasteiger partial charge on any atom is -0.463 e. The van der Waals surface area contributed by atoms with Crippen LogP contribution in [-0.2, 0) is 55.8 Å². The Morgan fingerprint density at radius 2 is 0.477 bits per heavy atom. The molecule has 0 rings (SSSR count). The lowest BCUT2D eigenvalue weighted by Gasteiger charge is -2.21. The number of esters is 3. The molecule has 0 aromatic heterocycles. The number of ether oxygens (including phenoxy) is 3. The van der Waals surface area contributed by atoms with E-state index in [2.05, 4.69) is 130 Å². The van der Waals surface area contributed by atoms with Crippen LogP contribution in [0.4, 0.5) is 0 Å². The van der Waals surface area contributed by atoms with E-state index < -0.39 is 91.5 Å². The number of aliphatic hydroxyl groups excluding tert-OH is 2. The van der Waals surface area contributed by atoms with E-state index in [-0.39, 0.29) is 19.3 Å². The van der Waals surface area contributed by atoms with Gasteiger partial charge < -0.3 is 34.2 Å². The van der Waals surface area contributed by atoms with Crippen LogP contribution in [0.1, 0.15) is 406 Å². The molecular formula is C93H166O16P2. The van der Waals surface area contributed by atoms with Gasteiger partial charge in [-0.2, -0.15) is 0 Å². The van der Waals surface area contributed by atoms with E-state index in [0.29, 0.717) is 19.3 Å². The van der Waals surface area contributed by atoms with E-state index >= 15 is 0 Å². The van der Waals surface area contributed by atoms with Gasteiger partial charge in [0.25, 0.3) is 0 Å². The highest BCUT2D eigenvalue weighted by Gasteiger charge is 2.29. The van der Waals surface area contributed by atoms with Crippen LogP contribution in [0.15, 0.2) is 109 Å². The number of hydrogen-bond donors (Lipinski definition) is 4. The summed E-state index contributed by atoms with van der Waals surface area (Å²) in [5, 5.41) is 20.7. The average molecular weight is 1600 g/mol. The van der Waals surface area contributed by atoms with Crippen LogP contribution in [0.5, 0.6) is 0 Å². The average Bonchev–Trinajstić information content (AvgIpc) is 0.900. The van der Waals surface area contributed by atoms with E-state index in [1.165, 1.54) is 225 Å². The van der Waals surface area contributed by atoms with Crippen molar-refractivity contribution in [2.45, 2.75) is 424 Å². The molecule has 0 fully saturated rings. The van der Waals surface area contributed by atoms with Crippen LogP contribution >= 0.6 is 15.6 Å². The molecule has 0 aliphatic carbocycles. The highest BCUT2D eigenvalue weighted by atomic mass is 31.2. The maximum absolute atomic E-state index is 13.0. The zero-order valence-electron chi connectivity index (χ0n) is 70.9. The predicted octanol–water partition coefficient (Wildman–Crippen LogP) is 27.4. The first kappa shape index (κ1) is 107. The Morgan fingerprint density at radius 1 is 0.261 bits per heavy atom. The predicted molar refractivity (Wildman–Crippen MR) is 464 cm³/mol. The molecule has 0 saturated carbocycles. The van der Waals surface area contributed by atoms with Crippen molar-refractivity contribution in [2.24, 2.45) is 0 Å². The van der Waals surface area contributed by atoms with E-state index in [1.807, 2.05) is 0 Å². The summed E-state index contributed by atoms with van der Waals surface area (Å²) in [6, 6.07) is 0. The second-order valence-electron chi connectivity index (χ2n) is 30.4. The molecule has 0 saturated heterocycles. The summed E-state index contributed by atoms with van der Waals surface area (Å²) >= 11 is 0. The minimum absolute atomic E-state index is 0.109. The molecular weight excluding hydrogens is 1430 g/mol. The summed E-state index contributed by atoms with van der Waals surface area (Å²) < 4.78 is 61.3. The van der Waals surface area contributed by atoms with Crippen LogP contribution in [0.2, 0.25) is 0 Å². The van der Waals surface area contributed by atoms with E-state index in [0.717, 1.165) is 122 Å². The molecule has 16 nitrogen and oxygen atoms in total. The third kappa shape index (κ3) is 86.9. The van der Waals surface area contributed by atoms with E-state index in [9.17, 15) is 43.5 Å². The summed E-state index contributed by atoms with van der Waals surface area (Å²) in [6.07, 6.45) is 103. The normalized spacial score (nSPS) is 14.3. The molecule has 5 atom stereocenters. The van der Waals surface area contributed by atoms with Gasteiger partial charge in [-0.05, 0) is 109 Å². The van der Waals surface area contributed by atoms with Gasteiger partial charge in [0.15, 0.2) is 6.10 Å². The number of hydrogen-bond acceptors (Lipinski definition) is 14. The van der Waals surface area contributed by atoms with Crippen molar-refractivity contribution in [3.8, 4) is 0 Å². The lowest BCUT2D eigenvalue weighted by atomic mass is 10.0. The summed E-state index contributed by atoms with van der Waals surface area (Å²) in [6.45, 7) is 2.61. The molecule has 0 bridgehead atoms. The first-order valence-electron chi connectivity index (χ1n) is 45.2. The van der Waals surface area contributed by atoms with Crippen LogP contribution in [0, 0.1) is 0 Å². The molecule has 0 aliphatic rings. The van der Waals surface area contributed by atoms with Gasteiger partial charge in [0.2, 0.25) is 0 Å². The van der Waals surface area contributed by atoms with Gasteiger partial charge in [0, 0.05) is 19.3 Å². The van der Waals surface area contributed by atoms with Crippen molar-refractivity contribution < 1.29 is 75.8 Å². The Morgan fingerprint density at radius 3 is 0.775 bits per heavy atom. The third-order valence-electron chi connectivity index (χ3n) is 19.5. The number of rotatable bonds is 86. The number of aliphatic hydroxyl groups is 2. The largest absolute Gasteiger partial charge is 0.472 e. The fourth-order valence-corrected chi connectivity index (χ4v) is 14.2. The van der Waals surface area contributed by atoms with E-state index in [1.54, 1.807) is 0 Å². The highest BCUT2D eigenvalue weighted by molar-refractivity contribution is 7.47. The number of phosphoric ester groups is 2. The summed E-state index contributed by atoms with van der Waals surface area (Å²) in [4.78, 5) is 58.8. The fraction of sp³-hybridized carbons (Fsp3) is 0.774. The minimum atomic E-state index is -4.93. The highest BCUT2D eigenvalue weighted by Crippen LogP contribution is 2.45. The summed E-state index contributed by atoms with van der Waals surface area (Å²) in [7, 11) is -9.79. The Balaban J connectivity index is 4.39. The van der Waals surface area contributed by atoms with Crippen LogP contribution in [-0.4, -0.2) is 95.9 Å². The second-order valence-corrected chi connectivity index (χ2v) is 33.3. The van der Waals surface area contributed by atoms with Gasteiger partial charge >= 0.3 is 33.6 Å². The smallest absolute Gasteiger partial charge is 0.463 e. The molecule has 644 valence electrons. The zero-order valence-corrected chi connectivity index (χ0v) is 72.7. The van der Waals surface area contributed by atoms with Gasteiger partial charge in [-0.3, -0.25) is 32.5 Å². The molecule has 18 heteroatoms. The molecule has 111 heavy (non-hydrogen) atoms. The zero-order chi connectivity index (χ0) is 80.8. The SMILES string of the molecule is CC/C=C\C/C=C\C/C=C\C/C=C\C/C=C\CCCCCCCCCCCCCCCC(=O)OCC(COP(=O)(O)OCC(O)COP(=O)(O)OCC(O)COC(=O)CCCCCCCCCCCCCCCCCCC/C=C\C/C=C\C/C=C\C/C=C\CCCCC)OC(=O)CCCCCCCCCCCCCCC. The topological polar surface area (TPSA) is 231 Å². The van der Waals surface area contributed by atoms with Gasteiger partial charge in [0.1, 0.15) is 25.4 Å². The Kier molecular flexibility index (Phi) is 82.7. The molecule has 0 radical (unpaired) electrons. The number of allylic oxidation sites excluding steroid dienone is 18. The summed E-state index contributed by atoms with van der Waals surface area (Å²) in [5.41, 5.74) is 0. The van der Waals surface area contributed by atoms with Crippen LogP contribution in [0.3, 0.4) is 0 Å². The molecule has 0 aliphatic heterocycles. The van der Waals surface area contributed by atoms with Gasteiger partial charge in [-0.15, -0.1) is 0 Å². The number of carbonyl (C=O) groups is 3. The number of phosphoric acid groups is 2. The number of unbranched alkanes of at least 4 members (excludes halogenated alkanes) is 45. The molecule has 0 spiro atoms. The quantitative estimate of drug-likeness (QED) is 0.0146. The van der Waals surface area contributed by atoms with Gasteiger partial charge in [-0.25, -0.2) is 9.13 Å². The molecule has 0 heterocycles. The fourth-order valence-electron chi connectivity index (χ4n) is 12.6. The van der Waals surface area contributed by atoms with Crippen molar-refractivity contribution in [1.29, 1.82) is 0 Å². The molecule has 0 aromatic rings. The Labute approximate surface area is 679 Å². The van der Waals surface area contributed by atoms with Crippen LogP contribution < -0.4 is 0 Å². The lowest BCUT2D eigenvalue weighted by Crippen LogP contribution is -2.30. The van der Waals surface area contributed by atoms with Gasteiger partial charge in [-0.1, -0.05) is 387 Å².